The smallest absolute Gasteiger partial charge is 0.322 e. The number of carbonyl (C=O) groups excluding carboxylic acids is 2. The zero-order valence-corrected chi connectivity index (χ0v) is 16.7. The van der Waals surface area contributed by atoms with Gasteiger partial charge in [-0.3, -0.25) is 9.69 Å². The maximum Gasteiger partial charge on any atom is 0.344 e. The quantitative estimate of drug-likeness (QED) is 0.818. The fourth-order valence-corrected chi connectivity index (χ4v) is 4.32. The van der Waals surface area contributed by atoms with E-state index in [4.69, 9.17) is 0 Å². The number of hydrogen-bond donors (Lipinski definition) is 0. The Morgan fingerprint density at radius 2 is 1.82 bits per heavy atom. The molecule has 7 nitrogen and oxygen atoms in total. The second-order valence-corrected chi connectivity index (χ2v) is 8.05. The van der Waals surface area contributed by atoms with E-state index in [1.54, 1.807) is 19.4 Å². The molecule has 0 spiro atoms. The molecule has 0 radical (unpaired) electrons. The molecule has 0 aliphatic carbocycles. The number of aryl methyl sites for hydroxylation is 1. The van der Waals surface area contributed by atoms with Crippen LogP contribution in [0.1, 0.15) is 18.1 Å². The summed E-state index contributed by atoms with van der Waals surface area (Å²) in [6, 6.07) is 8.43. The molecule has 2 fully saturated rings. The van der Waals surface area contributed by atoms with Gasteiger partial charge in [0.05, 0.1) is 18.1 Å². The molecule has 0 bridgehead atoms. The van der Waals surface area contributed by atoms with Crippen LogP contribution in [-0.2, 0) is 11.3 Å². The number of rotatable bonds is 3. The van der Waals surface area contributed by atoms with Gasteiger partial charge in [-0.1, -0.05) is 24.3 Å². The van der Waals surface area contributed by atoms with Crippen molar-refractivity contribution in [1.29, 1.82) is 0 Å². The Balaban J connectivity index is 1.35. The predicted molar refractivity (Wildman–Crippen MR) is 107 cm³/mol. The molecule has 3 heterocycles. The van der Waals surface area contributed by atoms with Crippen molar-refractivity contribution in [2.75, 3.05) is 38.1 Å². The van der Waals surface area contributed by atoms with Crippen molar-refractivity contribution < 1.29 is 9.59 Å². The van der Waals surface area contributed by atoms with E-state index in [9.17, 15) is 9.59 Å². The minimum absolute atomic E-state index is 0.0866. The Morgan fingerprint density at radius 3 is 2.46 bits per heavy atom. The maximum absolute atomic E-state index is 12.8. The summed E-state index contributed by atoms with van der Waals surface area (Å²) < 4.78 is 1.35. The monoisotopic (exact) mass is 381 g/mol. The highest BCUT2D eigenvalue weighted by molar-refractivity contribution is 5.91. The number of nitrogens with zero attached hydrogens (tertiary/aromatic N) is 5. The Kier molecular flexibility index (Phi) is 4.93. The zero-order chi connectivity index (χ0) is 19.8. The lowest BCUT2D eigenvalue weighted by molar-refractivity contribution is -0.116. The Bertz CT molecular complexity index is 878. The van der Waals surface area contributed by atoms with Gasteiger partial charge in [0, 0.05) is 46.7 Å². The fraction of sp³-hybridized carbons (Fsp3) is 0.476. The second-order valence-electron chi connectivity index (χ2n) is 8.05. The third-order valence-electron chi connectivity index (χ3n) is 6.11. The summed E-state index contributed by atoms with van der Waals surface area (Å²) in [5.74, 6) is 0.947. The van der Waals surface area contributed by atoms with E-state index in [1.807, 2.05) is 4.90 Å². The van der Waals surface area contributed by atoms with E-state index >= 15 is 0 Å². The predicted octanol–water partition coefficient (Wildman–Crippen LogP) is 2.21. The Hall–Kier alpha value is -2.67. The second kappa shape index (κ2) is 7.39. The van der Waals surface area contributed by atoms with E-state index in [-0.39, 0.29) is 11.9 Å². The third kappa shape index (κ3) is 3.54. The first-order chi connectivity index (χ1) is 13.4. The van der Waals surface area contributed by atoms with Gasteiger partial charge in [0.1, 0.15) is 0 Å². The van der Waals surface area contributed by atoms with Gasteiger partial charge in [0.25, 0.3) is 0 Å². The topological polar surface area (TPSA) is 61.7 Å². The van der Waals surface area contributed by atoms with Crippen LogP contribution < -0.4 is 4.90 Å². The molecule has 2 aromatic rings. The van der Waals surface area contributed by atoms with Gasteiger partial charge in [-0.15, -0.1) is 0 Å². The lowest BCUT2D eigenvalue weighted by atomic mass is 10.0. The van der Waals surface area contributed by atoms with Gasteiger partial charge >= 0.3 is 6.03 Å². The number of aromatic nitrogens is 2. The molecule has 1 aromatic heterocycles. The molecular formula is C21H27N5O2. The van der Waals surface area contributed by atoms with Gasteiger partial charge < -0.3 is 9.80 Å². The first-order valence-corrected chi connectivity index (χ1v) is 9.77. The number of fused-ring (bicyclic) bond motifs is 1. The van der Waals surface area contributed by atoms with Crippen molar-refractivity contribution >= 4 is 17.6 Å². The number of amides is 2. The van der Waals surface area contributed by atoms with Gasteiger partial charge in [-0.25, -0.2) is 4.79 Å². The van der Waals surface area contributed by atoms with Crippen molar-refractivity contribution in [3.8, 4) is 0 Å². The molecule has 2 aliphatic heterocycles. The minimum atomic E-state index is -0.108. The summed E-state index contributed by atoms with van der Waals surface area (Å²) >= 11 is 0. The van der Waals surface area contributed by atoms with Crippen LogP contribution in [-0.4, -0.2) is 64.7 Å². The van der Waals surface area contributed by atoms with Crippen molar-refractivity contribution in [3.63, 3.8) is 0 Å². The van der Waals surface area contributed by atoms with Crippen LogP contribution >= 0.6 is 0 Å². The van der Waals surface area contributed by atoms with Crippen LogP contribution in [0.3, 0.4) is 0 Å². The highest BCUT2D eigenvalue weighted by atomic mass is 16.2. The molecule has 2 unspecified atom stereocenters. The van der Waals surface area contributed by atoms with Crippen LogP contribution in [0.2, 0.25) is 0 Å². The number of likely N-dealkylation sites (tertiary alicyclic amines) is 2. The van der Waals surface area contributed by atoms with Crippen molar-refractivity contribution in [3.05, 3.63) is 47.8 Å². The number of hydrogen-bond acceptors (Lipinski definition) is 4. The van der Waals surface area contributed by atoms with Crippen molar-refractivity contribution in [2.24, 2.45) is 11.8 Å². The first kappa shape index (κ1) is 18.7. The summed E-state index contributed by atoms with van der Waals surface area (Å²) in [4.78, 5) is 30.2. The molecule has 4 rings (SSSR count). The molecule has 148 valence electrons. The molecule has 2 aliphatic rings. The molecule has 1 aromatic carbocycles. The van der Waals surface area contributed by atoms with Crippen LogP contribution in [0.5, 0.6) is 0 Å². The average molecular weight is 381 g/mol. The van der Waals surface area contributed by atoms with Gasteiger partial charge in [-0.2, -0.15) is 9.78 Å². The highest BCUT2D eigenvalue weighted by Crippen LogP contribution is 2.32. The van der Waals surface area contributed by atoms with Crippen LogP contribution in [0.4, 0.5) is 10.5 Å². The van der Waals surface area contributed by atoms with E-state index in [2.05, 4.69) is 41.2 Å². The lowest BCUT2D eigenvalue weighted by Gasteiger charge is -2.22. The van der Waals surface area contributed by atoms with Crippen molar-refractivity contribution in [1.82, 2.24) is 19.6 Å². The van der Waals surface area contributed by atoms with E-state index < -0.39 is 0 Å². The maximum atomic E-state index is 12.8. The Labute approximate surface area is 165 Å². The molecule has 28 heavy (non-hydrogen) atoms. The molecular weight excluding hydrogens is 354 g/mol. The SMILES string of the molecule is CC(=O)N(C)c1cnn(C(=O)N2CC3CN(Cc4ccccc4C)CC3C2)c1. The molecule has 0 saturated carbocycles. The Morgan fingerprint density at radius 1 is 1.14 bits per heavy atom. The van der Waals surface area contributed by atoms with Gasteiger partial charge in [-0.05, 0) is 29.9 Å². The molecule has 2 saturated heterocycles. The number of benzene rings is 1. The number of anilines is 1. The van der Waals surface area contributed by atoms with E-state index in [0.29, 0.717) is 17.5 Å². The highest BCUT2D eigenvalue weighted by Gasteiger charge is 2.42. The van der Waals surface area contributed by atoms with E-state index in [1.165, 1.54) is 27.6 Å². The van der Waals surface area contributed by atoms with Crippen LogP contribution in [0.25, 0.3) is 0 Å². The first-order valence-electron chi connectivity index (χ1n) is 9.77. The van der Waals surface area contributed by atoms with Gasteiger partial charge in [0.2, 0.25) is 5.91 Å². The fourth-order valence-electron chi connectivity index (χ4n) is 4.32. The third-order valence-corrected chi connectivity index (χ3v) is 6.11. The molecule has 2 atom stereocenters. The molecule has 7 heteroatoms. The zero-order valence-electron chi connectivity index (χ0n) is 16.7. The molecule has 2 amide bonds. The largest absolute Gasteiger partial charge is 0.344 e. The molecule has 0 N–H and O–H groups in total. The van der Waals surface area contributed by atoms with Crippen LogP contribution in [0.15, 0.2) is 36.7 Å². The summed E-state index contributed by atoms with van der Waals surface area (Å²) in [5.41, 5.74) is 3.35. The summed E-state index contributed by atoms with van der Waals surface area (Å²) in [6.07, 6.45) is 3.18. The van der Waals surface area contributed by atoms with Crippen molar-refractivity contribution in [2.45, 2.75) is 20.4 Å². The average Bonchev–Trinajstić information content (AvgIpc) is 3.37. The normalized spacial score (nSPS) is 21.8. The van der Waals surface area contributed by atoms with E-state index in [0.717, 1.165) is 32.7 Å². The summed E-state index contributed by atoms with van der Waals surface area (Å²) in [6.45, 7) is 8.23. The standard InChI is InChI=1S/C21H27N5O2/c1-15-6-4-5-7-17(15)9-24-10-18-12-25(13-19(18)11-24)21(28)26-14-20(8-22-26)23(3)16(2)27/h4-8,14,18-19H,9-13H2,1-3H3. The van der Waals surface area contributed by atoms with Gasteiger partial charge in [0.15, 0.2) is 0 Å². The minimum Gasteiger partial charge on any atom is -0.322 e. The number of carbonyl (C=O) groups is 2. The van der Waals surface area contributed by atoms with Crippen LogP contribution in [0, 0.1) is 18.8 Å². The lowest BCUT2D eigenvalue weighted by Crippen LogP contribution is -2.36. The summed E-state index contributed by atoms with van der Waals surface area (Å²) in [7, 11) is 1.68. The summed E-state index contributed by atoms with van der Waals surface area (Å²) in [5, 5.41) is 4.16.